The summed E-state index contributed by atoms with van der Waals surface area (Å²) in [5, 5.41) is 16.8. The van der Waals surface area contributed by atoms with Gasteiger partial charge in [-0.1, -0.05) is 88.4 Å². The lowest BCUT2D eigenvalue weighted by Gasteiger charge is -2.31. The van der Waals surface area contributed by atoms with Crippen molar-refractivity contribution in [3.05, 3.63) is 71.8 Å². The van der Waals surface area contributed by atoms with Crippen molar-refractivity contribution >= 4 is 59.9 Å². The van der Waals surface area contributed by atoms with Crippen molar-refractivity contribution in [2.45, 2.75) is 115 Å². The van der Waals surface area contributed by atoms with Crippen LogP contribution < -0.4 is 43.4 Å². The molecule has 18 heteroatoms. The zero-order chi connectivity index (χ0) is 44.6. The Labute approximate surface area is 363 Å². The number of carbonyl (C=O) groups is 7. The van der Waals surface area contributed by atoms with Crippen LogP contribution in [0.25, 0.3) is 0 Å². The summed E-state index contributed by atoms with van der Waals surface area (Å²) in [5.41, 5.74) is 12.5. The van der Waals surface area contributed by atoms with E-state index in [1.807, 2.05) is 38.1 Å². The molecule has 2 aromatic carbocycles. The summed E-state index contributed by atoms with van der Waals surface area (Å²) in [7, 11) is 0. The zero-order valence-electron chi connectivity index (χ0n) is 35.4. The minimum atomic E-state index is -1.20. The van der Waals surface area contributed by atoms with Crippen molar-refractivity contribution in [3.8, 4) is 0 Å². The molecule has 0 aliphatic carbocycles. The van der Waals surface area contributed by atoms with Crippen LogP contribution in [-0.4, -0.2) is 113 Å². The lowest BCUT2D eigenvalue weighted by Crippen LogP contribution is -2.61. The molecule has 0 spiro atoms. The van der Waals surface area contributed by atoms with Gasteiger partial charge in [0.15, 0.2) is 5.96 Å². The number of fused-ring (bicyclic) bond motifs is 1. The van der Waals surface area contributed by atoms with E-state index in [1.54, 1.807) is 50.2 Å². The fraction of sp³-hybridized carbons (Fsp3) is 0.535. The molecule has 2 fully saturated rings. The fourth-order valence-electron chi connectivity index (χ4n) is 7.42. The maximum Gasteiger partial charge on any atom is 0.246 e. The van der Waals surface area contributed by atoms with E-state index >= 15 is 0 Å². The lowest BCUT2D eigenvalue weighted by atomic mass is 9.98. The van der Waals surface area contributed by atoms with Crippen LogP contribution in [0.15, 0.2) is 65.7 Å². The summed E-state index contributed by atoms with van der Waals surface area (Å²) >= 11 is 4.38. The van der Waals surface area contributed by atoms with Gasteiger partial charge in [0, 0.05) is 31.7 Å². The second-order valence-electron chi connectivity index (χ2n) is 16.4. The molecule has 2 saturated heterocycles. The Morgan fingerprint density at radius 2 is 1.16 bits per heavy atom. The number of carbonyl (C=O) groups excluding carboxylic acids is 7. The van der Waals surface area contributed by atoms with E-state index in [-0.39, 0.29) is 62.8 Å². The van der Waals surface area contributed by atoms with Crippen LogP contribution in [0.2, 0.25) is 0 Å². The number of guanidine groups is 1. The summed E-state index contributed by atoms with van der Waals surface area (Å²) in [6, 6.07) is 10.1. The fourth-order valence-corrected chi connectivity index (χ4v) is 7.66. The minimum absolute atomic E-state index is 0.0484. The molecule has 2 aromatic rings. The van der Waals surface area contributed by atoms with Crippen LogP contribution in [0.4, 0.5) is 0 Å². The van der Waals surface area contributed by atoms with E-state index in [0.717, 1.165) is 11.1 Å². The van der Waals surface area contributed by atoms with Crippen LogP contribution in [0.1, 0.15) is 70.9 Å². The van der Waals surface area contributed by atoms with Gasteiger partial charge in [0.2, 0.25) is 41.4 Å². The summed E-state index contributed by atoms with van der Waals surface area (Å²) < 4.78 is 0. The molecule has 0 saturated carbocycles. The summed E-state index contributed by atoms with van der Waals surface area (Å²) in [4.78, 5) is 104. The number of hydrogen-bond acceptors (Lipinski definition) is 9. The van der Waals surface area contributed by atoms with Crippen molar-refractivity contribution in [1.29, 1.82) is 0 Å². The van der Waals surface area contributed by atoms with Crippen LogP contribution >= 0.6 is 12.6 Å². The molecule has 0 bridgehead atoms. The number of amides is 7. The van der Waals surface area contributed by atoms with E-state index in [1.165, 1.54) is 4.90 Å². The third-order valence-corrected chi connectivity index (χ3v) is 11.0. The smallest absolute Gasteiger partial charge is 0.246 e. The quantitative estimate of drug-likeness (QED) is 0.0605. The number of nitrogens with two attached hydrogens (primary N) is 2. The standard InChI is InChI=1S/C43H62N10O7S/c1-25(2)21-30-37(55)47-29(17-11-19-46-43(44)45)36(54)51-33(24-61)42(60)53-20-12-18-34(53)40(58)49-32(23-28-15-9-6-10-16-28)39(57)52-35(26(3)4)41(59)50-31(38(56)48-30)22-27-13-7-5-8-14-27/h5-10,13-16,25-26,29-35,61H,11-12,17-24H2,1-4H3,(H,47,55)(H,48,56)(H,49,58)(H,50,59)(H,51,54)(H,52,57)(H4,44,45,46)/t29-,30-,31-,32-,33-,34-,35-/m0/s1. The molecular weight excluding hydrogens is 801 g/mol. The van der Waals surface area contributed by atoms with Crippen molar-refractivity contribution in [2.24, 2.45) is 28.3 Å². The Kier molecular flexibility index (Phi) is 18.4. The lowest BCUT2D eigenvalue weighted by molar-refractivity contribution is -0.142. The van der Waals surface area contributed by atoms with Gasteiger partial charge in [0.1, 0.15) is 42.3 Å². The first-order valence-electron chi connectivity index (χ1n) is 20.9. The highest BCUT2D eigenvalue weighted by atomic mass is 32.1. The first kappa shape index (κ1) is 48.0. The number of hydrogen-bond donors (Lipinski definition) is 9. The number of thiol groups is 1. The largest absolute Gasteiger partial charge is 0.370 e. The predicted octanol–water partition coefficient (Wildman–Crippen LogP) is 0.0707. The van der Waals surface area contributed by atoms with Gasteiger partial charge in [0.05, 0.1) is 0 Å². The first-order valence-corrected chi connectivity index (χ1v) is 21.6. The van der Waals surface area contributed by atoms with Crippen LogP contribution in [0.5, 0.6) is 0 Å². The van der Waals surface area contributed by atoms with Crippen LogP contribution in [-0.2, 0) is 46.4 Å². The van der Waals surface area contributed by atoms with Gasteiger partial charge < -0.3 is 48.3 Å². The Bertz CT molecular complexity index is 1860. The predicted molar refractivity (Wildman–Crippen MR) is 235 cm³/mol. The van der Waals surface area contributed by atoms with E-state index < -0.39 is 89.6 Å². The number of nitrogens with one attached hydrogen (secondary N) is 6. The second kappa shape index (κ2) is 23.4. The minimum Gasteiger partial charge on any atom is -0.370 e. The Balaban J connectivity index is 1.79. The molecule has 61 heavy (non-hydrogen) atoms. The average molecular weight is 863 g/mol. The topological polar surface area (TPSA) is 259 Å². The normalized spacial score (nSPS) is 25.0. The third kappa shape index (κ3) is 14.5. The SMILES string of the molecule is CC(C)C[C@@H]1NC(=O)[C@H](Cc2ccccc2)NC(=O)[C@H](C(C)C)NC(=O)[C@H](Cc2ccccc2)NC(=O)[C@@H]2CCCN2C(=O)[C@H](CS)NC(=O)[C@H](CCCN=C(N)N)NC1=O. The summed E-state index contributed by atoms with van der Waals surface area (Å²) in [5.74, 6) is -5.29. The van der Waals surface area contributed by atoms with Crippen LogP contribution in [0, 0.1) is 11.8 Å². The molecule has 17 nitrogen and oxygen atoms in total. The monoisotopic (exact) mass is 862 g/mol. The number of benzene rings is 2. The maximum absolute atomic E-state index is 14.3. The van der Waals surface area contributed by atoms with E-state index in [4.69, 9.17) is 11.5 Å². The van der Waals surface area contributed by atoms with Crippen molar-refractivity contribution in [2.75, 3.05) is 18.8 Å². The Morgan fingerprint density at radius 1 is 0.672 bits per heavy atom. The van der Waals surface area contributed by atoms with Gasteiger partial charge in [-0.15, -0.1) is 0 Å². The maximum atomic E-state index is 14.3. The molecule has 2 heterocycles. The molecule has 0 aromatic heterocycles. The highest BCUT2D eigenvalue weighted by molar-refractivity contribution is 7.80. The second-order valence-corrected chi connectivity index (χ2v) is 16.7. The van der Waals surface area contributed by atoms with Gasteiger partial charge in [0.25, 0.3) is 0 Å². The zero-order valence-corrected chi connectivity index (χ0v) is 36.3. The molecule has 2 aliphatic rings. The van der Waals surface area contributed by atoms with Crippen molar-refractivity contribution in [1.82, 2.24) is 36.8 Å². The van der Waals surface area contributed by atoms with E-state index in [9.17, 15) is 33.6 Å². The van der Waals surface area contributed by atoms with Gasteiger partial charge in [-0.25, -0.2) is 0 Å². The number of nitrogens with zero attached hydrogens (tertiary/aromatic N) is 2. The van der Waals surface area contributed by atoms with E-state index in [2.05, 4.69) is 49.5 Å². The highest BCUT2D eigenvalue weighted by Crippen LogP contribution is 2.20. The summed E-state index contributed by atoms with van der Waals surface area (Å²) in [6.45, 7) is 7.59. The van der Waals surface area contributed by atoms with Gasteiger partial charge in [-0.2, -0.15) is 12.6 Å². The molecular formula is C43H62N10O7S. The molecule has 10 N–H and O–H groups in total. The molecule has 7 atom stereocenters. The summed E-state index contributed by atoms with van der Waals surface area (Å²) in [6.07, 6.45) is 1.41. The molecule has 0 unspecified atom stereocenters. The molecule has 332 valence electrons. The van der Waals surface area contributed by atoms with Crippen molar-refractivity contribution < 1.29 is 33.6 Å². The number of rotatable bonds is 12. The molecule has 2 aliphatic heterocycles. The van der Waals surface area contributed by atoms with Crippen molar-refractivity contribution in [3.63, 3.8) is 0 Å². The Hall–Kier alpha value is -5.65. The van der Waals surface area contributed by atoms with E-state index in [0.29, 0.717) is 12.8 Å². The molecule has 4 rings (SSSR count). The first-order chi connectivity index (χ1) is 29.1. The van der Waals surface area contributed by atoms with Gasteiger partial charge in [-0.05, 0) is 55.1 Å². The third-order valence-electron chi connectivity index (χ3n) is 10.6. The average Bonchev–Trinajstić information content (AvgIpc) is 3.72. The van der Waals surface area contributed by atoms with Crippen LogP contribution in [0.3, 0.4) is 0 Å². The molecule has 0 radical (unpaired) electrons. The highest BCUT2D eigenvalue weighted by Gasteiger charge is 2.40. The van der Waals surface area contributed by atoms with Gasteiger partial charge in [-0.3, -0.25) is 38.6 Å². The molecule has 7 amide bonds. The van der Waals surface area contributed by atoms with Gasteiger partial charge >= 0.3 is 0 Å². The Morgan fingerprint density at radius 3 is 1.70 bits per heavy atom. The number of aliphatic imine (C=N–C) groups is 1.